The van der Waals surface area contributed by atoms with Crippen LogP contribution < -0.4 is 0 Å². The van der Waals surface area contributed by atoms with Crippen LogP contribution in [0.5, 0.6) is 0 Å². The Balaban J connectivity index is 1.92. The number of hydrogen-bond acceptors (Lipinski definition) is 2. The number of rotatable bonds is 2. The lowest BCUT2D eigenvalue weighted by molar-refractivity contribution is -0.131. The first-order valence-electron chi connectivity index (χ1n) is 6.19. The summed E-state index contributed by atoms with van der Waals surface area (Å²) in [5.74, 6) is 0.215. The second-order valence-electron chi connectivity index (χ2n) is 4.41. The predicted molar refractivity (Wildman–Crippen MR) is 79.9 cm³/mol. The summed E-state index contributed by atoms with van der Waals surface area (Å²) in [6, 6.07) is 16.8. The molecule has 1 aliphatic rings. The fourth-order valence-electron chi connectivity index (χ4n) is 2.01. The number of ether oxygens (including phenoxy) is 1. The van der Waals surface area contributed by atoms with Crippen molar-refractivity contribution in [2.45, 2.75) is 0 Å². The van der Waals surface area contributed by atoms with Crippen molar-refractivity contribution < 1.29 is 9.53 Å². The molecule has 3 heteroatoms. The molecule has 0 spiro atoms. The van der Waals surface area contributed by atoms with E-state index in [0.717, 1.165) is 11.1 Å². The van der Waals surface area contributed by atoms with Crippen molar-refractivity contribution in [3.8, 4) is 0 Å². The van der Waals surface area contributed by atoms with Gasteiger partial charge in [-0.3, -0.25) is 0 Å². The molecular formula is C17H11ClO2. The minimum Gasteiger partial charge on any atom is -0.423 e. The van der Waals surface area contributed by atoms with Gasteiger partial charge in [0.2, 0.25) is 0 Å². The molecule has 0 N–H and O–H groups in total. The third kappa shape index (κ3) is 2.65. The molecule has 0 aliphatic carbocycles. The Morgan fingerprint density at radius 2 is 1.65 bits per heavy atom. The third-order valence-electron chi connectivity index (χ3n) is 2.98. The van der Waals surface area contributed by atoms with E-state index in [1.807, 2.05) is 48.5 Å². The molecular weight excluding hydrogens is 272 g/mol. The topological polar surface area (TPSA) is 26.3 Å². The van der Waals surface area contributed by atoms with Gasteiger partial charge in [-0.05, 0) is 35.4 Å². The van der Waals surface area contributed by atoms with Gasteiger partial charge in [0.05, 0.1) is 5.57 Å². The predicted octanol–water partition coefficient (Wildman–Crippen LogP) is 4.32. The molecule has 0 atom stereocenters. The van der Waals surface area contributed by atoms with Crippen LogP contribution in [0.3, 0.4) is 0 Å². The van der Waals surface area contributed by atoms with E-state index in [-0.39, 0.29) is 5.97 Å². The average Bonchev–Trinajstić information content (AvgIpc) is 2.83. The maximum atomic E-state index is 11.9. The Labute approximate surface area is 122 Å². The molecule has 0 radical (unpaired) electrons. The van der Waals surface area contributed by atoms with Gasteiger partial charge in [-0.1, -0.05) is 54.1 Å². The summed E-state index contributed by atoms with van der Waals surface area (Å²) in [7, 11) is 0. The molecule has 0 bridgehead atoms. The van der Waals surface area contributed by atoms with Crippen LogP contribution >= 0.6 is 11.6 Å². The first-order valence-corrected chi connectivity index (χ1v) is 6.57. The zero-order chi connectivity index (χ0) is 13.9. The van der Waals surface area contributed by atoms with Gasteiger partial charge in [-0.2, -0.15) is 0 Å². The normalized spacial score (nSPS) is 16.1. The lowest BCUT2D eigenvalue weighted by Crippen LogP contribution is -1.97. The average molecular weight is 283 g/mol. The number of cyclic esters (lactones) is 1. The fourth-order valence-corrected chi connectivity index (χ4v) is 2.13. The Morgan fingerprint density at radius 1 is 0.950 bits per heavy atom. The minimum atomic E-state index is -0.323. The van der Waals surface area contributed by atoms with Crippen LogP contribution in [0.1, 0.15) is 11.1 Å². The van der Waals surface area contributed by atoms with Crippen LogP contribution in [0.2, 0.25) is 5.02 Å². The summed E-state index contributed by atoms with van der Waals surface area (Å²) in [5.41, 5.74) is 2.37. The van der Waals surface area contributed by atoms with E-state index in [4.69, 9.17) is 16.3 Å². The lowest BCUT2D eigenvalue weighted by atomic mass is 10.1. The van der Waals surface area contributed by atoms with Gasteiger partial charge in [0.1, 0.15) is 5.76 Å². The summed E-state index contributed by atoms with van der Waals surface area (Å²) in [5, 5.41) is 0.677. The molecule has 1 heterocycles. The van der Waals surface area contributed by atoms with Crippen molar-refractivity contribution in [3.05, 3.63) is 82.6 Å². The smallest absolute Gasteiger partial charge is 0.344 e. The van der Waals surface area contributed by atoms with Crippen molar-refractivity contribution in [2.24, 2.45) is 0 Å². The van der Waals surface area contributed by atoms with Crippen molar-refractivity contribution in [1.29, 1.82) is 0 Å². The summed E-state index contributed by atoms with van der Waals surface area (Å²) in [6.07, 6.45) is 3.57. The van der Waals surface area contributed by atoms with Crippen LogP contribution in [-0.4, -0.2) is 5.97 Å². The van der Waals surface area contributed by atoms with E-state index in [2.05, 4.69) is 0 Å². The highest BCUT2D eigenvalue weighted by Gasteiger charge is 2.22. The Hall–Kier alpha value is -2.32. The number of halogens is 1. The maximum Gasteiger partial charge on any atom is 0.344 e. The van der Waals surface area contributed by atoms with E-state index in [1.165, 1.54) is 0 Å². The SMILES string of the molecule is O=C1OC(=Cc2ccc(Cl)cc2)C=C1c1ccccc1. The number of carbonyl (C=O) groups excluding carboxylic acids is 1. The largest absolute Gasteiger partial charge is 0.423 e. The van der Waals surface area contributed by atoms with Gasteiger partial charge in [-0.15, -0.1) is 0 Å². The molecule has 0 aromatic heterocycles. The highest BCUT2D eigenvalue weighted by Crippen LogP contribution is 2.27. The van der Waals surface area contributed by atoms with Gasteiger partial charge in [0.15, 0.2) is 0 Å². The highest BCUT2D eigenvalue weighted by atomic mass is 35.5. The third-order valence-corrected chi connectivity index (χ3v) is 3.23. The Kier molecular flexibility index (Phi) is 3.40. The number of hydrogen-bond donors (Lipinski definition) is 0. The van der Waals surface area contributed by atoms with E-state index in [9.17, 15) is 4.79 Å². The van der Waals surface area contributed by atoms with Crippen LogP contribution in [0, 0.1) is 0 Å². The van der Waals surface area contributed by atoms with E-state index in [1.54, 1.807) is 18.2 Å². The maximum absolute atomic E-state index is 11.9. The molecule has 0 saturated heterocycles. The first kappa shape index (κ1) is 12.7. The Bertz CT molecular complexity index is 698. The molecule has 2 nitrogen and oxygen atoms in total. The molecule has 0 unspecified atom stereocenters. The van der Waals surface area contributed by atoms with Crippen molar-refractivity contribution in [3.63, 3.8) is 0 Å². The first-order chi connectivity index (χ1) is 9.72. The summed E-state index contributed by atoms with van der Waals surface area (Å²) in [6.45, 7) is 0. The summed E-state index contributed by atoms with van der Waals surface area (Å²) >= 11 is 5.84. The zero-order valence-electron chi connectivity index (χ0n) is 10.5. The number of benzene rings is 2. The van der Waals surface area contributed by atoms with E-state index < -0.39 is 0 Å². The molecule has 0 amide bonds. The molecule has 2 aromatic carbocycles. The summed E-state index contributed by atoms with van der Waals surface area (Å²) in [4.78, 5) is 11.9. The molecule has 20 heavy (non-hydrogen) atoms. The van der Waals surface area contributed by atoms with Gasteiger partial charge in [-0.25, -0.2) is 4.79 Å². The highest BCUT2D eigenvalue weighted by molar-refractivity contribution is 6.30. The second-order valence-corrected chi connectivity index (χ2v) is 4.85. The van der Waals surface area contributed by atoms with Gasteiger partial charge >= 0.3 is 5.97 Å². The molecule has 98 valence electrons. The van der Waals surface area contributed by atoms with E-state index >= 15 is 0 Å². The van der Waals surface area contributed by atoms with Crippen LogP contribution in [0.4, 0.5) is 0 Å². The monoisotopic (exact) mass is 282 g/mol. The molecule has 0 fully saturated rings. The van der Waals surface area contributed by atoms with Crippen LogP contribution in [0.15, 0.2) is 66.4 Å². The molecule has 3 rings (SSSR count). The zero-order valence-corrected chi connectivity index (χ0v) is 11.3. The molecule has 0 saturated carbocycles. The van der Waals surface area contributed by atoms with Crippen molar-refractivity contribution >= 4 is 29.2 Å². The quantitative estimate of drug-likeness (QED) is 0.767. The lowest BCUT2D eigenvalue weighted by Gasteiger charge is -1.98. The van der Waals surface area contributed by atoms with E-state index in [0.29, 0.717) is 16.4 Å². The number of esters is 1. The second kappa shape index (κ2) is 5.35. The standard InChI is InChI=1S/C17H11ClO2/c18-14-8-6-12(7-9-14)10-15-11-16(17(19)20-15)13-4-2-1-3-5-13/h1-11H. The molecule has 2 aromatic rings. The minimum absolute atomic E-state index is 0.323. The van der Waals surface area contributed by atoms with Gasteiger partial charge in [0.25, 0.3) is 0 Å². The fraction of sp³-hybridized carbons (Fsp3) is 0. The number of carbonyl (C=O) groups is 1. The van der Waals surface area contributed by atoms with Crippen molar-refractivity contribution in [1.82, 2.24) is 0 Å². The molecule has 1 aliphatic heterocycles. The van der Waals surface area contributed by atoms with Gasteiger partial charge in [0, 0.05) is 5.02 Å². The number of allylic oxidation sites excluding steroid dienone is 1. The van der Waals surface area contributed by atoms with Gasteiger partial charge < -0.3 is 4.74 Å². The summed E-state index contributed by atoms with van der Waals surface area (Å²) < 4.78 is 5.26. The Morgan fingerprint density at radius 3 is 2.35 bits per heavy atom. The van der Waals surface area contributed by atoms with Crippen LogP contribution in [0.25, 0.3) is 11.6 Å². The van der Waals surface area contributed by atoms with Crippen molar-refractivity contribution in [2.75, 3.05) is 0 Å². The van der Waals surface area contributed by atoms with Crippen LogP contribution in [-0.2, 0) is 9.53 Å².